The zero-order valence-corrected chi connectivity index (χ0v) is 11.8. The highest BCUT2D eigenvalue weighted by Gasteiger charge is 2.07. The van der Waals surface area contributed by atoms with Gasteiger partial charge in [0.15, 0.2) is 0 Å². The SMILES string of the molecule is C=C(C)C(=O)O.OB(O)c1ccccc1.OCC(O)CO. The van der Waals surface area contributed by atoms with Crippen molar-refractivity contribution in [1.82, 2.24) is 0 Å². The minimum atomic E-state index is -1.34. The van der Waals surface area contributed by atoms with Crippen molar-refractivity contribution in [2.45, 2.75) is 13.0 Å². The summed E-state index contributed by atoms with van der Waals surface area (Å²) < 4.78 is 0. The quantitative estimate of drug-likeness (QED) is 0.289. The van der Waals surface area contributed by atoms with E-state index in [1.54, 1.807) is 24.3 Å². The third-order valence-electron chi connectivity index (χ3n) is 1.88. The molecule has 0 unspecified atom stereocenters. The van der Waals surface area contributed by atoms with E-state index >= 15 is 0 Å². The number of hydrogen-bond donors (Lipinski definition) is 6. The fraction of sp³-hybridized carbons (Fsp3) is 0.308. The van der Waals surface area contributed by atoms with Crippen molar-refractivity contribution < 1.29 is 35.3 Å². The first-order valence-corrected chi connectivity index (χ1v) is 5.95. The van der Waals surface area contributed by atoms with E-state index < -0.39 is 19.2 Å². The molecule has 0 bridgehead atoms. The van der Waals surface area contributed by atoms with Crippen LogP contribution in [-0.2, 0) is 4.79 Å². The summed E-state index contributed by atoms with van der Waals surface area (Å²) in [5.41, 5.74) is 0.701. The van der Waals surface area contributed by atoms with Crippen LogP contribution in [0.1, 0.15) is 6.92 Å². The summed E-state index contributed by atoms with van der Waals surface area (Å²) in [5.74, 6) is -0.935. The molecule has 8 heteroatoms. The van der Waals surface area contributed by atoms with E-state index in [0.29, 0.717) is 5.46 Å². The van der Waals surface area contributed by atoms with Crippen LogP contribution < -0.4 is 5.46 Å². The Morgan fingerprint density at radius 2 is 1.57 bits per heavy atom. The van der Waals surface area contributed by atoms with Gasteiger partial charge < -0.3 is 30.5 Å². The monoisotopic (exact) mass is 300 g/mol. The Morgan fingerprint density at radius 1 is 1.19 bits per heavy atom. The van der Waals surface area contributed by atoms with Crippen molar-refractivity contribution in [3.8, 4) is 0 Å². The van der Waals surface area contributed by atoms with Crippen LogP contribution in [0.5, 0.6) is 0 Å². The standard InChI is InChI=1S/C6H7BO2.C4H6O2.C3H8O3/c8-7(9)6-4-2-1-3-5-6;1-3(2)4(5)6;4-1-3(6)2-5/h1-5,8-9H;1H2,2H3,(H,5,6);3-6H,1-2H2. The first-order chi connectivity index (χ1) is 9.76. The van der Waals surface area contributed by atoms with Gasteiger partial charge in [0.05, 0.1) is 13.2 Å². The molecule has 0 radical (unpaired) electrons. The summed E-state index contributed by atoms with van der Waals surface area (Å²) in [6, 6.07) is 8.66. The van der Waals surface area contributed by atoms with E-state index in [1.807, 2.05) is 6.07 Å². The molecule has 0 fully saturated rings. The first kappa shape index (κ1) is 21.6. The largest absolute Gasteiger partial charge is 0.488 e. The van der Waals surface area contributed by atoms with Gasteiger partial charge in [-0.3, -0.25) is 0 Å². The molecule has 0 saturated carbocycles. The Morgan fingerprint density at radius 3 is 1.71 bits per heavy atom. The van der Waals surface area contributed by atoms with E-state index in [0.717, 1.165) is 0 Å². The molecule has 0 aliphatic carbocycles. The average Bonchev–Trinajstić information content (AvgIpc) is 2.48. The van der Waals surface area contributed by atoms with Crippen LogP contribution in [0.2, 0.25) is 0 Å². The fourth-order valence-electron chi connectivity index (χ4n) is 0.683. The number of carbonyl (C=O) groups is 1. The number of benzene rings is 1. The third-order valence-corrected chi connectivity index (χ3v) is 1.88. The molecule has 21 heavy (non-hydrogen) atoms. The highest BCUT2D eigenvalue weighted by molar-refractivity contribution is 6.58. The Bertz CT molecular complexity index is 379. The lowest BCUT2D eigenvalue weighted by atomic mass is 9.81. The molecular formula is C13H21BO7. The molecule has 7 nitrogen and oxygen atoms in total. The number of aliphatic hydroxyl groups is 3. The number of carboxylic acid groups (broad SMARTS) is 1. The van der Waals surface area contributed by atoms with Crippen molar-refractivity contribution in [3.63, 3.8) is 0 Å². The van der Waals surface area contributed by atoms with Crippen molar-refractivity contribution in [2.24, 2.45) is 0 Å². The summed E-state index contributed by atoms with van der Waals surface area (Å²) >= 11 is 0. The number of rotatable bonds is 4. The predicted octanol–water partition coefficient (Wildman–Crippen LogP) is -1.65. The maximum Gasteiger partial charge on any atom is 0.488 e. The fourth-order valence-corrected chi connectivity index (χ4v) is 0.683. The van der Waals surface area contributed by atoms with Crippen molar-refractivity contribution in [2.75, 3.05) is 13.2 Å². The van der Waals surface area contributed by atoms with Gasteiger partial charge in [0, 0.05) is 5.57 Å². The number of aliphatic hydroxyl groups excluding tert-OH is 3. The van der Waals surface area contributed by atoms with Gasteiger partial charge in [-0.25, -0.2) is 4.79 Å². The second kappa shape index (κ2) is 13.3. The molecule has 118 valence electrons. The normalized spacial score (nSPS) is 8.90. The lowest BCUT2D eigenvalue weighted by molar-refractivity contribution is -0.132. The predicted molar refractivity (Wildman–Crippen MR) is 78.9 cm³/mol. The van der Waals surface area contributed by atoms with Gasteiger partial charge in [0.25, 0.3) is 0 Å². The molecule has 1 aromatic carbocycles. The van der Waals surface area contributed by atoms with E-state index in [4.69, 9.17) is 30.5 Å². The van der Waals surface area contributed by atoms with E-state index in [2.05, 4.69) is 6.58 Å². The van der Waals surface area contributed by atoms with Crippen LogP contribution in [0.15, 0.2) is 42.5 Å². The molecule has 0 atom stereocenters. The van der Waals surface area contributed by atoms with Gasteiger partial charge >= 0.3 is 13.1 Å². The number of aliphatic carboxylic acids is 1. The first-order valence-electron chi connectivity index (χ1n) is 5.95. The molecule has 6 N–H and O–H groups in total. The summed E-state index contributed by atoms with van der Waals surface area (Å²) in [6.07, 6.45) is -0.954. The lowest BCUT2D eigenvalue weighted by Gasteiger charge is -1.96. The summed E-state index contributed by atoms with van der Waals surface area (Å²) in [5, 5.41) is 49.1. The van der Waals surface area contributed by atoms with Gasteiger partial charge in [0.2, 0.25) is 0 Å². The zero-order valence-electron chi connectivity index (χ0n) is 11.8. The summed E-state index contributed by atoms with van der Waals surface area (Å²) in [6.45, 7) is 3.87. The van der Waals surface area contributed by atoms with Crippen molar-refractivity contribution >= 4 is 18.6 Å². The topological polar surface area (TPSA) is 138 Å². The Hall–Kier alpha value is -1.71. The molecule has 0 heterocycles. The van der Waals surface area contributed by atoms with Gasteiger partial charge in [-0.15, -0.1) is 0 Å². The van der Waals surface area contributed by atoms with E-state index in [-0.39, 0.29) is 18.8 Å². The second-order valence-electron chi connectivity index (χ2n) is 3.89. The van der Waals surface area contributed by atoms with E-state index in [1.165, 1.54) is 6.92 Å². The van der Waals surface area contributed by atoms with Crippen LogP contribution in [0.4, 0.5) is 0 Å². The van der Waals surface area contributed by atoms with Gasteiger partial charge in [-0.05, 0) is 12.4 Å². The molecule has 0 aliphatic heterocycles. The van der Waals surface area contributed by atoms with Crippen LogP contribution in [-0.4, -0.2) is 62.9 Å². The number of hydrogen-bond acceptors (Lipinski definition) is 6. The number of carboxylic acids is 1. The zero-order chi connectivity index (χ0) is 16.8. The van der Waals surface area contributed by atoms with Crippen molar-refractivity contribution in [1.29, 1.82) is 0 Å². The third kappa shape index (κ3) is 14.5. The molecule has 0 aromatic heterocycles. The van der Waals surface area contributed by atoms with Crippen LogP contribution in [0, 0.1) is 0 Å². The maximum atomic E-state index is 9.60. The minimum absolute atomic E-state index is 0.176. The average molecular weight is 300 g/mol. The highest BCUT2D eigenvalue weighted by Crippen LogP contribution is 1.82. The molecule has 1 aromatic rings. The van der Waals surface area contributed by atoms with Crippen LogP contribution >= 0.6 is 0 Å². The van der Waals surface area contributed by atoms with E-state index in [9.17, 15) is 4.79 Å². The Balaban J connectivity index is 0. The smallest absolute Gasteiger partial charge is 0.478 e. The molecule has 0 saturated heterocycles. The van der Waals surface area contributed by atoms with Gasteiger partial charge in [0.1, 0.15) is 6.10 Å². The highest BCUT2D eigenvalue weighted by atomic mass is 16.4. The van der Waals surface area contributed by atoms with Gasteiger partial charge in [-0.2, -0.15) is 0 Å². The summed E-state index contributed by atoms with van der Waals surface area (Å²) in [4.78, 5) is 9.60. The Labute approximate surface area is 123 Å². The minimum Gasteiger partial charge on any atom is -0.478 e. The van der Waals surface area contributed by atoms with Crippen LogP contribution in [0.25, 0.3) is 0 Å². The van der Waals surface area contributed by atoms with Crippen LogP contribution in [0.3, 0.4) is 0 Å². The molecule has 0 amide bonds. The second-order valence-corrected chi connectivity index (χ2v) is 3.89. The Kier molecular flexibility index (Phi) is 13.7. The molecular weight excluding hydrogens is 279 g/mol. The maximum absolute atomic E-state index is 9.60. The molecule has 0 spiro atoms. The molecule has 1 rings (SSSR count). The van der Waals surface area contributed by atoms with Crippen molar-refractivity contribution in [3.05, 3.63) is 42.5 Å². The van der Waals surface area contributed by atoms with Gasteiger partial charge in [-0.1, -0.05) is 36.9 Å². The lowest BCUT2D eigenvalue weighted by Crippen LogP contribution is -2.29. The summed E-state index contributed by atoms with van der Waals surface area (Å²) in [7, 11) is -1.34. The molecule has 0 aliphatic rings.